The molecule has 3 N–H and O–H groups in total. The van der Waals surface area contributed by atoms with E-state index in [0.29, 0.717) is 16.6 Å². The number of benzene rings is 1. The minimum atomic E-state index is 0.0752. The summed E-state index contributed by atoms with van der Waals surface area (Å²) in [6.07, 6.45) is 0. The van der Waals surface area contributed by atoms with Gasteiger partial charge in [-0.2, -0.15) is 0 Å². The summed E-state index contributed by atoms with van der Waals surface area (Å²) in [6.45, 7) is 3.39. The van der Waals surface area contributed by atoms with Crippen molar-refractivity contribution < 1.29 is 0 Å². The maximum absolute atomic E-state index is 6.05. The quantitative estimate of drug-likeness (QED) is 0.838. The van der Waals surface area contributed by atoms with Crippen LogP contribution >= 0.6 is 23.2 Å². The molecule has 0 aliphatic carbocycles. The molecular formula is C10H14Cl2N2. The fraction of sp³-hybridized carbons (Fsp3) is 0.400. The van der Waals surface area contributed by atoms with Gasteiger partial charge in [-0.15, -0.1) is 0 Å². The number of hydrogen-bond acceptors (Lipinski definition) is 2. The predicted octanol–water partition coefficient (Wildman–Crippen LogP) is 2.60. The van der Waals surface area contributed by atoms with Crippen molar-refractivity contribution in [2.24, 2.45) is 5.73 Å². The van der Waals surface area contributed by atoms with Crippen molar-refractivity contribution in [3.05, 3.63) is 33.8 Å². The normalized spacial score (nSPS) is 12.9. The molecule has 0 bridgehead atoms. The molecule has 1 aromatic carbocycles. The number of nitrogens with one attached hydrogen (secondary N) is 1. The molecule has 2 nitrogen and oxygen atoms in total. The van der Waals surface area contributed by atoms with Gasteiger partial charge in [0.2, 0.25) is 0 Å². The molecule has 0 saturated heterocycles. The molecule has 4 heteroatoms. The average Bonchev–Trinajstić information content (AvgIpc) is 2.18. The Hall–Kier alpha value is -0.280. The van der Waals surface area contributed by atoms with Crippen LogP contribution in [0.5, 0.6) is 0 Å². The van der Waals surface area contributed by atoms with E-state index in [1.165, 1.54) is 0 Å². The van der Waals surface area contributed by atoms with Gasteiger partial charge in [0.25, 0.3) is 0 Å². The van der Waals surface area contributed by atoms with Crippen LogP contribution in [0.2, 0.25) is 10.0 Å². The Morgan fingerprint density at radius 3 is 2.71 bits per heavy atom. The third kappa shape index (κ3) is 2.85. The smallest absolute Gasteiger partial charge is 0.0459 e. The van der Waals surface area contributed by atoms with E-state index in [9.17, 15) is 0 Å². The second-order valence-electron chi connectivity index (χ2n) is 3.01. The lowest BCUT2D eigenvalue weighted by Gasteiger charge is -2.17. The van der Waals surface area contributed by atoms with E-state index in [1.54, 1.807) is 12.1 Å². The maximum atomic E-state index is 6.05. The summed E-state index contributed by atoms with van der Waals surface area (Å²) < 4.78 is 0. The lowest BCUT2D eigenvalue weighted by atomic mass is 10.1. The molecule has 0 aromatic heterocycles. The van der Waals surface area contributed by atoms with Gasteiger partial charge in [0.15, 0.2) is 0 Å². The second kappa shape index (κ2) is 5.56. The molecule has 0 saturated carbocycles. The van der Waals surface area contributed by atoms with Crippen molar-refractivity contribution in [1.29, 1.82) is 0 Å². The molecule has 1 unspecified atom stereocenters. The van der Waals surface area contributed by atoms with Crippen LogP contribution in [-0.2, 0) is 0 Å². The molecule has 0 spiro atoms. The van der Waals surface area contributed by atoms with Crippen molar-refractivity contribution in [1.82, 2.24) is 5.32 Å². The lowest BCUT2D eigenvalue weighted by Crippen LogP contribution is -2.28. The predicted molar refractivity (Wildman–Crippen MR) is 61.9 cm³/mol. The first kappa shape index (κ1) is 11.8. The molecule has 0 aliphatic heterocycles. The highest BCUT2D eigenvalue weighted by atomic mass is 35.5. The third-order valence-electron chi connectivity index (χ3n) is 2.02. The SMILES string of the molecule is CCNC(CN)c1cc(Cl)ccc1Cl. The first-order valence-electron chi connectivity index (χ1n) is 4.57. The molecule has 0 aliphatic rings. The van der Waals surface area contributed by atoms with Gasteiger partial charge in [0, 0.05) is 22.6 Å². The van der Waals surface area contributed by atoms with Gasteiger partial charge in [-0.1, -0.05) is 30.1 Å². The van der Waals surface area contributed by atoms with Gasteiger partial charge in [-0.25, -0.2) is 0 Å². The van der Waals surface area contributed by atoms with E-state index in [-0.39, 0.29) is 6.04 Å². The van der Waals surface area contributed by atoms with Gasteiger partial charge in [0.05, 0.1) is 0 Å². The van der Waals surface area contributed by atoms with Gasteiger partial charge < -0.3 is 11.1 Å². The second-order valence-corrected chi connectivity index (χ2v) is 3.86. The Morgan fingerprint density at radius 2 is 2.14 bits per heavy atom. The van der Waals surface area contributed by atoms with Crippen LogP contribution in [0.3, 0.4) is 0 Å². The summed E-state index contributed by atoms with van der Waals surface area (Å²) >= 11 is 11.9. The fourth-order valence-corrected chi connectivity index (χ4v) is 1.78. The summed E-state index contributed by atoms with van der Waals surface area (Å²) in [4.78, 5) is 0. The molecule has 1 aromatic rings. The van der Waals surface area contributed by atoms with Crippen molar-refractivity contribution in [3.8, 4) is 0 Å². The van der Waals surface area contributed by atoms with E-state index in [1.807, 2.05) is 13.0 Å². The monoisotopic (exact) mass is 232 g/mol. The highest BCUT2D eigenvalue weighted by Crippen LogP contribution is 2.25. The van der Waals surface area contributed by atoms with Gasteiger partial charge in [-0.05, 0) is 30.3 Å². The molecule has 0 fully saturated rings. The molecular weight excluding hydrogens is 219 g/mol. The van der Waals surface area contributed by atoms with Crippen LogP contribution < -0.4 is 11.1 Å². The van der Waals surface area contributed by atoms with Crippen LogP contribution in [0.1, 0.15) is 18.5 Å². The van der Waals surface area contributed by atoms with Crippen molar-refractivity contribution in [2.75, 3.05) is 13.1 Å². The zero-order chi connectivity index (χ0) is 10.6. The highest BCUT2D eigenvalue weighted by molar-refractivity contribution is 6.33. The van der Waals surface area contributed by atoms with Crippen LogP contribution in [-0.4, -0.2) is 13.1 Å². The number of halogens is 2. The van der Waals surface area contributed by atoms with Gasteiger partial charge in [-0.3, -0.25) is 0 Å². The third-order valence-corrected chi connectivity index (χ3v) is 2.60. The standard InChI is InChI=1S/C10H14Cl2N2/c1-2-14-10(6-13)8-5-7(11)3-4-9(8)12/h3-5,10,14H,2,6,13H2,1H3. The van der Waals surface area contributed by atoms with E-state index in [4.69, 9.17) is 28.9 Å². The van der Waals surface area contributed by atoms with E-state index in [0.717, 1.165) is 12.1 Å². The zero-order valence-corrected chi connectivity index (χ0v) is 9.57. The Balaban J connectivity index is 2.96. The Bertz CT molecular complexity index is 302. The zero-order valence-electron chi connectivity index (χ0n) is 8.06. The maximum Gasteiger partial charge on any atom is 0.0459 e. The number of hydrogen-bond donors (Lipinski definition) is 2. The summed E-state index contributed by atoms with van der Waals surface area (Å²) in [5, 5.41) is 4.63. The molecule has 0 amide bonds. The molecule has 1 atom stereocenters. The molecule has 0 heterocycles. The Kier molecular flexibility index (Phi) is 4.69. The molecule has 0 radical (unpaired) electrons. The first-order valence-corrected chi connectivity index (χ1v) is 5.33. The molecule has 78 valence electrons. The lowest BCUT2D eigenvalue weighted by molar-refractivity contribution is 0.562. The number of likely N-dealkylation sites (N-methyl/N-ethyl adjacent to an activating group) is 1. The highest BCUT2D eigenvalue weighted by Gasteiger charge is 2.11. The van der Waals surface area contributed by atoms with Gasteiger partial charge >= 0.3 is 0 Å². The van der Waals surface area contributed by atoms with E-state index < -0.39 is 0 Å². The number of nitrogens with two attached hydrogens (primary N) is 1. The first-order chi connectivity index (χ1) is 6.69. The Morgan fingerprint density at radius 1 is 1.43 bits per heavy atom. The summed E-state index contributed by atoms with van der Waals surface area (Å²) in [6, 6.07) is 5.49. The largest absolute Gasteiger partial charge is 0.329 e. The Labute approximate surface area is 94.4 Å². The van der Waals surface area contributed by atoms with Crippen LogP contribution in [0, 0.1) is 0 Å². The minimum absolute atomic E-state index is 0.0752. The summed E-state index contributed by atoms with van der Waals surface area (Å²) in [5.41, 5.74) is 6.61. The van der Waals surface area contributed by atoms with Crippen LogP contribution in [0.15, 0.2) is 18.2 Å². The summed E-state index contributed by atoms with van der Waals surface area (Å²) in [5.74, 6) is 0. The van der Waals surface area contributed by atoms with E-state index >= 15 is 0 Å². The van der Waals surface area contributed by atoms with E-state index in [2.05, 4.69) is 5.32 Å². The topological polar surface area (TPSA) is 38.0 Å². The summed E-state index contributed by atoms with van der Waals surface area (Å²) in [7, 11) is 0. The van der Waals surface area contributed by atoms with Crippen LogP contribution in [0.4, 0.5) is 0 Å². The fourth-order valence-electron chi connectivity index (χ4n) is 1.35. The van der Waals surface area contributed by atoms with Crippen molar-refractivity contribution in [3.63, 3.8) is 0 Å². The van der Waals surface area contributed by atoms with Crippen molar-refractivity contribution in [2.45, 2.75) is 13.0 Å². The average molecular weight is 233 g/mol. The minimum Gasteiger partial charge on any atom is -0.329 e. The van der Waals surface area contributed by atoms with Gasteiger partial charge in [0.1, 0.15) is 0 Å². The number of rotatable bonds is 4. The molecule has 1 rings (SSSR count). The molecule has 14 heavy (non-hydrogen) atoms. The van der Waals surface area contributed by atoms with Crippen molar-refractivity contribution >= 4 is 23.2 Å². The van der Waals surface area contributed by atoms with Crippen LogP contribution in [0.25, 0.3) is 0 Å².